The van der Waals surface area contributed by atoms with Gasteiger partial charge in [-0.25, -0.2) is 0 Å². The molecule has 0 amide bonds. The van der Waals surface area contributed by atoms with Crippen molar-refractivity contribution in [2.24, 2.45) is 7.05 Å². The molecule has 0 aliphatic carbocycles. The zero-order valence-corrected chi connectivity index (χ0v) is 9.44. The number of rotatable bonds is 3. The number of aryl methyl sites for hydroxylation is 2. The van der Waals surface area contributed by atoms with Crippen LogP contribution in [-0.2, 0) is 13.6 Å². The van der Waals surface area contributed by atoms with Gasteiger partial charge in [-0.1, -0.05) is 12.1 Å². The lowest BCUT2D eigenvalue weighted by Gasteiger charge is -2.08. The highest BCUT2D eigenvalue weighted by Gasteiger charge is 2.03. The van der Waals surface area contributed by atoms with Crippen LogP contribution in [0.4, 0.5) is 5.82 Å². The number of phenols is 1. The molecule has 16 heavy (non-hydrogen) atoms. The number of hydrogen-bond donors (Lipinski definition) is 2. The number of phenolic OH excluding ortho intramolecular Hbond substituents is 1. The minimum absolute atomic E-state index is 0.293. The summed E-state index contributed by atoms with van der Waals surface area (Å²) in [6.45, 7) is 2.69. The first-order valence-corrected chi connectivity index (χ1v) is 5.17. The van der Waals surface area contributed by atoms with E-state index in [4.69, 9.17) is 0 Å². The van der Waals surface area contributed by atoms with Crippen LogP contribution in [0.25, 0.3) is 0 Å². The van der Waals surface area contributed by atoms with Crippen molar-refractivity contribution < 1.29 is 5.11 Å². The van der Waals surface area contributed by atoms with E-state index < -0.39 is 0 Å². The van der Waals surface area contributed by atoms with Gasteiger partial charge in [-0.05, 0) is 24.6 Å². The summed E-state index contributed by atoms with van der Waals surface area (Å²) >= 11 is 0. The molecule has 1 aromatic carbocycles. The van der Waals surface area contributed by atoms with E-state index in [1.165, 1.54) is 0 Å². The van der Waals surface area contributed by atoms with Crippen molar-refractivity contribution in [3.8, 4) is 5.75 Å². The lowest BCUT2D eigenvalue weighted by molar-refractivity contribution is 0.474. The second-order valence-corrected chi connectivity index (χ2v) is 3.82. The summed E-state index contributed by atoms with van der Waals surface area (Å²) in [5, 5.41) is 16.8. The van der Waals surface area contributed by atoms with Crippen LogP contribution in [0.5, 0.6) is 5.75 Å². The van der Waals surface area contributed by atoms with E-state index in [0.717, 1.165) is 16.9 Å². The molecule has 0 radical (unpaired) electrons. The Morgan fingerprint density at radius 2 is 2.25 bits per heavy atom. The molecule has 2 rings (SSSR count). The van der Waals surface area contributed by atoms with Gasteiger partial charge in [0.05, 0.1) is 6.20 Å². The van der Waals surface area contributed by atoms with E-state index in [9.17, 15) is 5.11 Å². The molecular formula is C12H15N3O. The van der Waals surface area contributed by atoms with Gasteiger partial charge in [-0.15, -0.1) is 0 Å². The fourth-order valence-electron chi connectivity index (χ4n) is 1.65. The van der Waals surface area contributed by atoms with E-state index in [2.05, 4.69) is 10.4 Å². The summed E-state index contributed by atoms with van der Waals surface area (Å²) in [7, 11) is 1.90. The minimum atomic E-state index is 0.293. The maximum atomic E-state index is 9.33. The van der Waals surface area contributed by atoms with Gasteiger partial charge in [-0.3, -0.25) is 4.68 Å². The summed E-state index contributed by atoms with van der Waals surface area (Å²) in [6, 6.07) is 7.22. The molecule has 4 nitrogen and oxygen atoms in total. The SMILES string of the molecule is Cc1cnn(C)c1NCc1cccc(O)c1. The smallest absolute Gasteiger partial charge is 0.127 e. The van der Waals surface area contributed by atoms with Crippen molar-refractivity contribution in [3.05, 3.63) is 41.6 Å². The first kappa shape index (κ1) is 10.5. The van der Waals surface area contributed by atoms with E-state index >= 15 is 0 Å². The van der Waals surface area contributed by atoms with Crippen LogP contribution in [0, 0.1) is 6.92 Å². The predicted octanol–water partition coefficient (Wildman–Crippen LogP) is 2.05. The maximum Gasteiger partial charge on any atom is 0.127 e. The quantitative estimate of drug-likeness (QED) is 0.827. The third kappa shape index (κ3) is 2.16. The van der Waals surface area contributed by atoms with E-state index in [0.29, 0.717) is 12.3 Å². The summed E-state index contributed by atoms with van der Waals surface area (Å²) in [4.78, 5) is 0. The highest BCUT2D eigenvalue weighted by Crippen LogP contribution is 2.15. The fourth-order valence-corrected chi connectivity index (χ4v) is 1.65. The van der Waals surface area contributed by atoms with Crippen molar-refractivity contribution in [2.45, 2.75) is 13.5 Å². The van der Waals surface area contributed by atoms with E-state index in [-0.39, 0.29) is 0 Å². The number of aromatic nitrogens is 2. The number of anilines is 1. The van der Waals surface area contributed by atoms with Crippen molar-refractivity contribution in [2.75, 3.05) is 5.32 Å². The Kier molecular flexibility index (Phi) is 2.81. The molecule has 0 unspecified atom stereocenters. The first-order valence-electron chi connectivity index (χ1n) is 5.17. The average Bonchev–Trinajstić information content (AvgIpc) is 2.56. The Labute approximate surface area is 94.5 Å². The van der Waals surface area contributed by atoms with E-state index in [1.54, 1.807) is 16.8 Å². The van der Waals surface area contributed by atoms with Crippen LogP contribution in [0.3, 0.4) is 0 Å². The van der Waals surface area contributed by atoms with Gasteiger partial charge in [0.15, 0.2) is 0 Å². The molecule has 0 saturated carbocycles. The molecule has 2 N–H and O–H groups in total. The highest BCUT2D eigenvalue weighted by atomic mass is 16.3. The molecule has 4 heteroatoms. The lowest BCUT2D eigenvalue weighted by Crippen LogP contribution is -2.05. The maximum absolute atomic E-state index is 9.33. The largest absolute Gasteiger partial charge is 0.508 e. The number of nitrogens with zero attached hydrogens (tertiary/aromatic N) is 2. The zero-order chi connectivity index (χ0) is 11.5. The number of hydrogen-bond acceptors (Lipinski definition) is 3. The third-order valence-corrected chi connectivity index (χ3v) is 2.49. The molecule has 0 saturated heterocycles. The summed E-state index contributed by atoms with van der Waals surface area (Å²) in [6.07, 6.45) is 1.82. The molecule has 0 aliphatic heterocycles. The Bertz CT molecular complexity index is 471. The predicted molar refractivity (Wildman–Crippen MR) is 63.4 cm³/mol. The first-order chi connectivity index (χ1) is 7.66. The Balaban J connectivity index is 2.08. The number of benzene rings is 1. The fraction of sp³-hybridized carbons (Fsp3) is 0.250. The van der Waals surface area contributed by atoms with Crippen LogP contribution >= 0.6 is 0 Å². The molecular weight excluding hydrogens is 202 g/mol. The van der Waals surface area contributed by atoms with Gasteiger partial charge in [0.25, 0.3) is 0 Å². The molecule has 84 valence electrons. The second kappa shape index (κ2) is 4.26. The monoisotopic (exact) mass is 217 g/mol. The van der Waals surface area contributed by atoms with Gasteiger partial charge in [-0.2, -0.15) is 5.10 Å². The second-order valence-electron chi connectivity index (χ2n) is 3.82. The zero-order valence-electron chi connectivity index (χ0n) is 9.44. The number of aromatic hydroxyl groups is 1. The van der Waals surface area contributed by atoms with Crippen LogP contribution in [0.2, 0.25) is 0 Å². The molecule has 2 aromatic rings. The van der Waals surface area contributed by atoms with Crippen molar-refractivity contribution in [1.29, 1.82) is 0 Å². The minimum Gasteiger partial charge on any atom is -0.508 e. The standard InChI is InChI=1S/C12H15N3O/c1-9-7-14-15(2)12(9)13-8-10-4-3-5-11(16)6-10/h3-7,13,16H,8H2,1-2H3. The molecule has 1 heterocycles. The van der Waals surface area contributed by atoms with Gasteiger partial charge < -0.3 is 10.4 Å². The normalized spacial score (nSPS) is 10.4. The Morgan fingerprint density at radius 3 is 2.88 bits per heavy atom. The summed E-state index contributed by atoms with van der Waals surface area (Å²) in [5.41, 5.74) is 2.16. The molecule has 0 spiro atoms. The van der Waals surface area contributed by atoms with Crippen LogP contribution in [0.1, 0.15) is 11.1 Å². The summed E-state index contributed by atoms with van der Waals surface area (Å²) in [5.74, 6) is 1.30. The third-order valence-electron chi connectivity index (χ3n) is 2.49. The molecule has 0 bridgehead atoms. The van der Waals surface area contributed by atoms with Crippen molar-refractivity contribution >= 4 is 5.82 Å². The molecule has 0 fully saturated rings. The molecule has 0 atom stereocenters. The highest BCUT2D eigenvalue weighted by molar-refractivity contribution is 5.43. The average molecular weight is 217 g/mol. The van der Waals surface area contributed by atoms with Crippen molar-refractivity contribution in [1.82, 2.24) is 9.78 Å². The van der Waals surface area contributed by atoms with Gasteiger partial charge >= 0.3 is 0 Å². The molecule has 0 aliphatic rings. The lowest BCUT2D eigenvalue weighted by atomic mass is 10.2. The molecule has 1 aromatic heterocycles. The van der Waals surface area contributed by atoms with Gasteiger partial charge in [0.2, 0.25) is 0 Å². The summed E-state index contributed by atoms with van der Waals surface area (Å²) < 4.78 is 1.80. The van der Waals surface area contributed by atoms with Gasteiger partial charge in [0, 0.05) is 19.2 Å². The van der Waals surface area contributed by atoms with Crippen LogP contribution in [-0.4, -0.2) is 14.9 Å². The van der Waals surface area contributed by atoms with E-state index in [1.807, 2.05) is 32.3 Å². The topological polar surface area (TPSA) is 50.1 Å². The van der Waals surface area contributed by atoms with Crippen LogP contribution in [0.15, 0.2) is 30.5 Å². The Hall–Kier alpha value is -1.97. The van der Waals surface area contributed by atoms with Crippen LogP contribution < -0.4 is 5.32 Å². The Morgan fingerprint density at radius 1 is 1.44 bits per heavy atom. The number of nitrogens with one attached hydrogen (secondary N) is 1. The van der Waals surface area contributed by atoms with Crippen molar-refractivity contribution in [3.63, 3.8) is 0 Å². The van der Waals surface area contributed by atoms with Gasteiger partial charge in [0.1, 0.15) is 11.6 Å².